The zero-order chi connectivity index (χ0) is 14.7. The number of benzene rings is 2. The number of carbonyl (C=O) groups excluding carboxylic acids is 1. The molecule has 0 heterocycles. The molecule has 0 aliphatic rings. The van der Waals surface area contributed by atoms with Gasteiger partial charge in [-0.3, -0.25) is 4.79 Å². The van der Waals surface area contributed by atoms with Gasteiger partial charge in [0.1, 0.15) is 5.82 Å². The quantitative estimate of drug-likeness (QED) is 0.784. The first-order chi connectivity index (χ1) is 9.47. The van der Waals surface area contributed by atoms with Gasteiger partial charge in [-0.25, -0.2) is 4.39 Å². The Kier molecular flexibility index (Phi) is 4.94. The lowest BCUT2D eigenvalue weighted by atomic mass is 10.1. The highest BCUT2D eigenvalue weighted by Crippen LogP contribution is 2.19. The maximum Gasteiger partial charge on any atom is 0.251 e. The Morgan fingerprint density at radius 1 is 1.15 bits per heavy atom. The first-order valence-corrected chi connectivity index (χ1v) is 7.57. The Hall–Kier alpha value is -1.20. The molecule has 0 fully saturated rings. The summed E-state index contributed by atoms with van der Waals surface area (Å²) in [6.45, 7) is 1.90. The summed E-state index contributed by atoms with van der Waals surface area (Å²) in [6, 6.07) is 11.8. The minimum Gasteiger partial charge on any atom is -0.346 e. The standard InChI is InChI=1S/C15H12Br2FNO/c1-9(10-2-5-12(16)6-3-10)19-15(20)11-4-7-14(18)13(17)8-11/h2-9H,1H3,(H,19,20). The fourth-order valence-corrected chi connectivity index (χ4v) is 2.40. The Labute approximate surface area is 133 Å². The molecule has 0 saturated carbocycles. The minimum absolute atomic E-state index is 0.126. The lowest BCUT2D eigenvalue weighted by Crippen LogP contribution is -2.26. The Morgan fingerprint density at radius 3 is 2.40 bits per heavy atom. The molecule has 0 aliphatic heterocycles. The number of halogens is 3. The molecule has 1 amide bonds. The van der Waals surface area contributed by atoms with Crippen molar-refractivity contribution in [3.05, 3.63) is 68.4 Å². The Balaban J connectivity index is 2.10. The number of hydrogen-bond acceptors (Lipinski definition) is 1. The van der Waals surface area contributed by atoms with Crippen molar-refractivity contribution >= 4 is 37.8 Å². The maximum absolute atomic E-state index is 13.1. The van der Waals surface area contributed by atoms with Gasteiger partial charge in [-0.1, -0.05) is 28.1 Å². The molecule has 0 spiro atoms. The van der Waals surface area contributed by atoms with Crippen LogP contribution in [0.1, 0.15) is 28.9 Å². The van der Waals surface area contributed by atoms with Crippen LogP contribution < -0.4 is 5.32 Å². The van der Waals surface area contributed by atoms with E-state index in [0.717, 1.165) is 10.0 Å². The number of carbonyl (C=O) groups is 1. The van der Waals surface area contributed by atoms with Crippen LogP contribution in [0.25, 0.3) is 0 Å². The molecule has 2 nitrogen and oxygen atoms in total. The van der Waals surface area contributed by atoms with Gasteiger partial charge < -0.3 is 5.32 Å². The predicted molar refractivity (Wildman–Crippen MR) is 84.1 cm³/mol. The van der Waals surface area contributed by atoms with Gasteiger partial charge >= 0.3 is 0 Å². The third-order valence-electron chi connectivity index (χ3n) is 2.90. The SMILES string of the molecule is CC(NC(=O)c1ccc(F)c(Br)c1)c1ccc(Br)cc1. The van der Waals surface area contributed by atoms with Crippen LogP contribution in [0.2, 0.25) is 0 Å². The van der Waals surface area contributed by atoms with Crippen LogP contribution in [0.3, 0.4) is 0 Å². The second-order valence-electron chi connectivity index (χ2n) is 4.38. The molecule has 1 atom stereocenters. The number of rotatable bonds is 3. The smallest absolute Gasteiger partial charge is 0.251 e. The first-order valence-electron chi connectivity index (χ1n) is 5.99. The second-order valence-corrected chi connectivity index (χ2v) is 6.15. The van der Waals surface area contributed by atoms with E-state index in [0.29, 0.717) is 5.56 Å². The summed E-state index contributed by atoms with van der Waals surface area (Å²) in [7, 11) is 0. The summed E-state index contributed by atoms with van der Waals surface area (Å²) < 4.78 is 14.4. The van der Waals surface area contributed by atoms with E-state index < -0.39 is 0 Å². The third-order valence-corrected chi connectivity index (χ3v) is 4.04. The third kappa shape index (κ3) is 3.67. The van der Waals surface area contributed by atoms with Crippen LogP contribution in [-0.4, -0.2) is 5.91 Å². The molecule has 20 heavy (non-hydrogen) atoms. The van der Waals surface area contributed by atoms with Crippen molar-refractivity contribution in [2.24, 2.45) is 0 Å². The van der Waals surface area contributed by atoms with Gasteiger partial charge in [0.15, 0.2) is 0 Å². The first kappa shape index (κ1) is 15.2. The monoisotopic (exact) mass is 399 g/mol. The number of amides is 1. The molecule has 2 aromatic carbocycles. The highest BCUT2D eigenvalue weighted by Gasteiger charge is 2.12. The van der Waals surface area contributed by atoms with Crippen LogP contribution in [0.15, 0.2) is 51.4 Å². The van der Waals surface area contributed by atoms with Gasteiger partial charge in [-0.15, -0.1) is 0 Å². The van der Waals surface area contributed by atoms with Crippen LogP contribution in [0, 0.1) is 5.82 Å². The molecule has 1 unspecified atom stereocenters. The van der Waals surface area contributed by atoms with Crippen molar-refractivity contribution in [1.29, 1.82) is 0 Å². The van der Waals surface area contributed by atoms with E-state index in [9.17, 15) is 9.18 Å². The normalized spacial score (nSPS) is 12.0. The van der Waals surface area contributed by atoms with E-state index in [-0.39, 0.29) is 22.2 Å². The Bertz CT molecular complexity index is 628. The molecule has 0 aromatic heterocycles. The average molecular weight is 401 g/mol. The van der Waals surface area contributed by atoms with Crippen molar-refractivity contribution in [1.82, 2.24) is 5.32 Å². The van der Waals surface area contributed by atoms with Gasteiger partial charge in [0.05, 0.1) is 10.5 Å². The summed E-state index contributed by atoms with van der Waals surface area (Å²) in [4.78, 5) is 12.1. The molecular weight excluding hydrogens is 389 g/mol. The fraction of sp³-hybridized carbons (Fsp3) is 0.133. The van der Waals surface area contributed by atoms with Crippen molar-refractivity contribution in [3.63, 3.8) is 0 Å². The lowest BCUT2D eigenvalue weighted by Gasteiger charge is -2.14. The van der Waals surface area contributed by atoms with E-state index >= 15 is 0 Å². The average Bonchev–Trinajstić information content (AvgIpc) is 2.42. The lowest BCUT2D eigenvalue weighted by molar-refractivity contribution is 0.0940. The number of nitrogens with one attached hydrogen (secondary N) is 1. The number of hydrogen-bond donors (Lipinski definition) is 1. The minimum atomic E-state index is -0.387. The molecule has 0 aliphatic carbocycles. The molecule has 104 valence electrons. The summed E-state index contributed by atoms with van der Waals surface area (Å²) in [6.07, 6.45) is 0. The van der Waals surface area contributed by atoms with Gasteiger partial charge in [0, 0.05) is 10.0 Å². The van der Waals surface area contributed by atoms with E-state index in [1.54, 1.807) is 0 Å². The zero-order valence-corrected chi connectivity index (χ0v) is 13.8. The van der Waals surface area contributed by atoms with E-state index in [4.69, 9.17) is 0 Å². The largest absolute Gasteiger partial charge is 0.346 e. The van der Waals surface area contributed by atoms with Crippen molar-refractivity contribution < 1.29 is 9.18 Å². The van der Waals surface area contributed by atoms with Crippen molar-refractivity contribution in [3.8, 4) is 0 Å². The van der Waals surface area contributed by atoms with Crippen molar-refractivity contribution in [2.75, 3.05) is 0 Å². The van der Waals surface area contributed by atoms with Gasteiger partial charge in [-0.05, 0) is 58.7 Å². The van der Waals surface area contributed by atoms with E-state index in [2.05, 4.69) is 37.2 Å². The molecule has 0 bridgehead atoms. The van der Waals surface area contributed by atoms with Crippen LogP contribution >= 0.6 is 31.9 Å². The molecule has 0 radical (unpaired) electrons. The second kappa shape index (κ2) is 6.50. The highest BCUT2D eigenvalue weighted by atomic mass is 79.9. The zero-order valence-electron chi connectivity index (χ0n) is 10.7. The topological polar surface area (TPSA) is 29.1 Å². The summed E-state index contributed by atoms with van der Waals surface area (Å²) in [5, 5.41) is 2.88. The molecule has 0 saturated heterocycles. The van der Waals surface area contributed by atoms with Gasteiger partial charge in [0.25, 0.3) is 5.91 Å². The van der Waals surface area contributed by atoms with Crippen LogP contribution in [-0.2, 0) is 0 Å². The van der Waals surface area contributed by atoms with E-state index in [1.807, 2.05) is 31.2 Å². The summed E-state index contributed by atoms with van der Waals surface area (Å²) >= 11 is 6.44. The van der Waals surface area contributed by atoms with Crippen molar-refractivity contribution in [2.45, 2.75) is 13.0 Å². The van der Waals surface area contributed by atoms with Crippen LogP contribution in [0.5, 0.6) is 0 Å². The highest BCUT2D eigenvalue weighted by molar-refractivity contribution is 9.10. The van der Waals surface area contributed by atoms with Gasteiger partial charge in [0.2, 0.25) is 0 Å². The Morgan fingerprint density at radius 2 is 1.80 bits per heavy atom. The maximum atomic E-state index is 13.1. The summed E-state index contributed by atoms with van der Waals surface area (Å²) in [5.74, 6) is -0.622. The van der Waals surface area contributed by atoms with Gasteiger partial charge in [-0.2, -0.15) is 0 Å². The van der Waals surface area contributed by atoms with E-state index in [1.165, 1.54) is 18.2 Å². The predicted octanol–water partition coefficient (Wildman–Crippen LogP) is 4.84. The molecule has 2 aromatic rings. The van der Waals surface area contributed by atoms with Crippen LogP contribution in [0.4, 0.5) is 4.39 Å². The molecule has 5 heteroatoms. The fourth-order valence-electron chi connectivity index (χ4n) is 1.75. The molecule has 1 N–H and O–H groups in total. The molecule has 2 rings (SSSR count). The molecular formula is C15H12Br2FNO. The summed E-state index contributed by atoms with van der Waals surface area (Å²) in [5.41, 5.74) is 1.42.